The maximum Gasteiger partial charge on any atom is 0.173 e. The van der Waals surface area contributed by atoms with Crippen molar-refractivity contribution in [2.45, 2.75) is 0 Å². The number of para-hydroxylation sites is 1. The lowest BCUT2D eigenvalue weighted by Crippen LogP contribution is -2.07. The van der Waals surface area contributed by atoms with Crippen LogP contribution in [0.3, 0.4) is 0 Å². The van der Waals surface area contributed by atoms with Gasteiger partial charge in [0.2, 0.25) is 0 Å². The van der Waals surface area contributed by atoms with Crippen LogP contribution in [0.25, 0.3) is 5.76 Å². The van der Waals surface area contributed by atoms with Crippen LogP contribution in [0, 0.1) is 0 Å². The van der Waals surface area contributed by atoms with E-state index in [0.717, 1.165) is 5.69 Å². The molecule has 27 heavy (non-hydrogen) atoms. The van der Waals surface area contributed by atoms with E-state index in [2.05, 4.69) is 4.99 Å². The van der Waals surface area contributed by atoms with Crippen LogP contribution in [0.4, 0.5) is 5.69 Å². The van der Waals surface area contributed by atoms with Crippen LogP contribution in [0.1, 0.15) is 15.9 Å². The first-order valence-electron chi connectivity index (χ1n) is 8.51. The third-order valence-electron chi connectivity index (χ3n) is 3.76. The van der Waals surface area contributed by atoms with Crippen LogP contribution >= 0.6 is 11.8 Å². The third-order valence-corrected chi connectivity index (χ3v) is 4.67. The Bertz CT molecular complexity index is 936. The van der Waals surface area contributed by atoms with E-state index in [1.807, 2.05) is 66.7 Å². The molecule has 0 radical (unpaired) electrons. The number of hydrogen-bond acceptors (Lipinski definition) is 4. The molecule has 0 unspecified atom stereocenters. The molecule has 0 spiro atoms. The van der Waals surface area contributed by atoms with Gasteiger partial charge in [0.25, 0.3) is 0 Å². The molecule has 0 fully saturated rings. The smallest absolute Gasteiger partial charge is 0.173 e. The zero-order valence-corrected chi connectivity index (χ0v) is 15.4. The highest BCUT2D eigenvalue weighted by atomic mass is 32.2. The zero-order valence-electron chi connectivity index (χ0n) is 14.6. The van der Waals surface area contributed by atoms with Crippen molar-refractivity contribution >= 4 is 34.0 Å². The molecule has 3 nitrogen and oxygen atoms in total. The molecule has 0 saturated carbocycles. The molecule has 0 saturated heterocycles. The van der Waals surface area contributed by atoms with E-state index in [1.54, 1.807) is 24.3 Å². The quantitative estimate of drug-likeness (QED) is 0.272. The highest BCUT2D eigenvalue weighted by molar-refractivity contribution is 8.14. The third kappa shape index (κ3) is 5.69. The monoisotopic (exact) mass is 372 g/mol. The molecule has 3 aromatic rings. The molecule has 3 rings (SSSR count). The number of carbonyl (C=O) groups is 1. The number of hydrogen-bond donors (Lipinski definition) is 0. The van der Waals surface area contributed by atoms with Gasteiger partial charge in [0.1, 0.15) is 0 Å². The molecule has 0 aromatic heterocycles. The van der Waals surface area contributed by atoms with E-state index in [0.29, 0.717) is 16.2 Å². The molecule has 0 amide bonds. The van der Waals surface area contributed by atoms with Crippen molar-refractivity contribution in [1.29, 1.82) is 0 Å². The van der Waals surface area contributed by atoms with Crippen LogP contribution in [0.15, 0.2) is 102 Å². The number of benzene rings is 3. The molecule has 134 valence electrons. The number of rotatable bonds is 6. The zero-order chi connectivity index (χ0) is 18.9. The largest absolute Gasteiger partial charge is 0.872 e. The lowest BCUT2D eigenvalue weighted by molar-refractivity contribution is -0.243. The van der Waals surface area contributed by atoms with Crippen molar-refractivity contribution in [3.8, 4) is 0 Å². The highest BCUT2D eigenvalue weighted by Crippen LogP contribution is 2.19. The summed E-state index contributed by atoms with van der Waals surface area (Å²) >= 11 is 1.27. The van der Waals surface area contributed by atoms with Gasteiger partial charge in [-0.2, -0.15) is 0 Å². The number of ketones is 1. The molecule has 3 aromatic carbocycles. The fourth-order valence-electron chi connectivity index (χ4n) is 2.38. The topological polar surface area (TPSA) is 52.5 Å². The minimum absolute atomic E-state index is 0.00178. The average Bonchev–Trinajstić information content (AvgIpc) is 2.73. The summed E-state index contributed by atoms with van der Waals surface area (Å²) in [6.07, 6.45) is 1.49. The molecule has 4 heteroatoms. The SMILES string of the molecule is O=C(CSC(C=C([O-])c1ccccc1)=Nc1ccccc1)c1ccccc1. The van der Waals surface area contributed by atoms with Crippen LogP contribution in [0.5, 0.6) is 0 Å². The maximum absolute atomic E-state index is 12.5. The van der Waals surface area contributed by atoms with Crippen LogP contribution in [-0.4, -0.2) is 16.6 Å². The summed E-state index contributed by atoms with van der Waals surface area (Å²) < 4.78 is 0. The van der Waals surface area contributed by atoms with Gasteiger partial charge in [-0.05, 0) is 23.8 Å². The second-order valence-corrected chi connectivity index (χ2v) is 6.73. The van der Waals surface area contributed by atoms with E-state index < -0.39 is 0 Å². The molecule has 0 aliphatic rings. The van der Waals surface area contributed by atoms with Crippen LogP contribution in [-0.2, 0) is 0 Å². The van der Waals surface area contributed by atoms with Crippen molar-refractivity contribution in [2.24, 2.45) is 4.99 Å². The molecule has 0 heterocycles. The van der Waals surface area contributed by atoms with Crippen molar-refractivity contribution in [3.05, 3.63) is 108 Å². The highest BCUT2D eigenvalue weighted by Gasteiger charge is 2.08. The second kappa shape index (κ2) is 9.55. The molecule has 0 atom stereocenters. The summed E-state index contributed by atoms with van der Waals surface area (Å²) in [6.45, 7) is 0. The van der Waals surface area contributed by atoms with Gasteiger partial charge < -0.3 is 5.11 Å². The minimum atomic E-state index is -0.134. The van der Waals surface area contributed by atoms with E-state index in [1.165, 1.54) is 17.8 Å². The normalized spacial score (nSPS) is 12.0. The first-order chi connectivity index (χ1) is 13.2. The fraction of sp³-hybridized carbons (Fsp3) is 0.0435. The Morgan fingerprint density at radius 3 is 1.93 bits per heavy atom. The Labute approximate surface area is 163 Å². The van der Waals surface area contributed by atoms with Gasteiger partial charge in [-0.3, -0.25) is 4.79 Å². The van der Waals surface area contributed by atoms with Crippen molar-refractivity contribution in [1.82, 2.24) is 0 Å². The number of nitrogens with zero attached hydrogens (tertiary/aromatic N) is 1. The van der Waals surface area contributed by atoms with Crippen LogP contribution in [0.2, 0.25) is 0 Å². The molecular weight excluding hydrogens is 354 g/mol. The Hall–Kier alpha value is -3.11. The van der Waals surface area contributed by atoms with Crippen molar-refractivity contribution in [2.75, 3.05) is 5.75 Å². The first kappa shape index (κ1) is 18.7. The fourth-order valence-corrected chi connectivity index (χ4v) is 3.19. The lowest BCUT2D eigenvalue weighted by atomic mass is 10.2. The summed E-state index contributed by atoms with van der Waals surface area (Å²) in [5.74, 6) is 0.0840. The summed E-state index contributed by atoms with van der Waals surface area (Å²) in [6, 6.07) is 27.5. The first-order valence-corrected chi connectivity index (χ1v) is 9.50. The summed E-state index contributed by atoms with van der Waals surface area (Å²) in [5, 5.41) is 13.0. The van der Waals surface area contributed by atoms with Gasteiger partial charge >= 0.3 is 0 Å². The number of carbonyl (C=O) groups excluding carboxylic acids is 1. The van der Waals surface area contributed by atoms with E-state index in [9.17, 15) is 9.90 Å². The predicted octanol–water partition coefficient (Wildman–Crippen LogP) is 4.73. The number of Topliss-reactive ketones (excluding diaryl/α,β-unsaturated/α-hetero) is 1. The Morgan fingerprint density at radius 1 is 0.815 bits per heavy atom. The minimum Gasteiger partial charge on any atom is -0.872 e. The van der Waals surface area contributed by atoms with E-state index >= 15 is 0 Å². The van der Waals surface area contributed by atoms with Crippen molar-refractivity contribution < 1.29 is 9.90 Å². The van der Waals surface area contributed by atoms with Gasteiger partial charge in [-0.25, -0.2) is 4.99 Å². The van der Waals surface area contributed by atoms with E-state index in [4.69, 9.17) is 0 Å². The standard InChI is InChI=1S/C23H19NO2S/c25-21(18-10-4-1-5-11-18)16-23(24-20-14-8-3-9-15-20)27-17-22(26)19-12-6-2-7-13-19/h1-16,25H,17H2/p-1. The summed E-state index contributed by atoms with van der Waals surface area (Å²) in [7, 11) is 0. The van der Waals surface area contributed by atoms with Gasteiger partial charge in [0, 0.05) is 5.56 Å². The molecule has 0 N–H and O–H groups in total. The van der Waals surface area contributed by atoms with Gasteiger partial charge in [0.15, 0.2) is 5.78 Å². The Kier molecular flexibility index (Phi) is 6.61. The number of thioether (sulfide) groups is 1. The molecule has 0 bridgehead atoms. The number of aliphatic imine (C=N–C) groups is 1. The summed E-state index contributed by atoms with van der Waals surface area (Å²) in [5.41, 5.74) is 1.98. The Morgan fingerprint density at radius 2 is 1.33 bits per heavy atom. The van der Waals surface area contributed by atoms with Gasteiger partial charge in [-0.15, -0.1) is 0 Å². The maximum atomic E-state index is 12.5. The summed E-state index contributed by atoms with van der Waals surface area (Å²) in [4.78, 5) is 16.9. The van der Waals surface area contributed by atoms with Crippen LogP contribution < -0.4 is 5.11 Å². The second-order valence-electron chi connectivity index (χ2n) is 5.74. The van der Waals surface area contributed by atoms with Crippen molar-refractivity contribution in [3.63, 3.8) is 0 Å². The van der Waals surface area contributed by atoms with E-state index in [-0.39, 0.29) is 17.3 Å². The molecule has 0 aliphatic carbocycles. The molecular formula is C23H18NO2S-. The van der Waals surface area contributed by atoms with Gasteiger partial charge in [0.05, 0.1) is 16.5 Å². The lowest BCUT2D eigenvalue weighted by Gasteiger charge is -2.13. The average molecular weight is 372 g/mol. The molecule has 0 aliphatic heterocycles. The Balaban J connectivity index is 1.82. The van der Waals surface area contributed by atoms with Gasteiger partial charge in [-0.1, -0.05) is 96.4 Å². The predicted molar refractivity (Wildman–Crippen MR) is 111 cm³/mol.